The predicted octanol–water partition coefficient (Wildman–Crippen LogP) is 3.93. The zero-order valence-electron chi connectivity index (χ0n) is 17.5. The van der Waals surface area contributed by atoms with E-state index >= 15 is 0 Å². The molecule has 0 aromatic carbocycles. The number of methoxy groups -OCH3 is 1. The molecule has 28 heavy (non-hydrogen) atoms. The van der Waals surface area contributed by atoms with Crippen LogP contribution in [0, 0.1) is 27.7 Å². The Bertz CT molecular complexity index is 887. The zero-order valence-corrected chi connectivity index (χ0v) is 17.5. The summed E-state index contributed by atoms with van der Waals surface area (Å²) in [6.07, 6.45) is 3.19. The lowest BCUT2D eigenvalue weighted by molar-refractivity contribution is 0.0473. The first-order chi connectivity index (χ1) is 13.3. The standard InChI is InChI=1S/C22H30N2O4/c1-14-11-19(16(3)23(14)9-6-10-27-5)21(25)13-28-22(26)20-12-15(2)24(17(20)4)18-7-8-18/h11-12,18H,6-10,13H2,1-5H3. The number of carbonyl (C=O) groups excluding carboxylic acids is 2. The van der Waals surface area contributed by atoms with E-state index in [1.807, 2.05) is 39.8 Å². The van der Waals surface area contributed by atoms with E-state index in [9.17, 15) is 9.59 Å². The fourth-order valence-corrected chi connectivity index (χ4v) is 3.96. The van der Waals surface area contributed by atoms with E-state index in [-0.39, 0.29) is 12.4 Å². The molecule has 2 aromatic rings. The van der Waals surface area contributed by atoms with Crippen LogP contribution in [0.25, 0.3) is 0 Å². The zero-order chi connectivity index (χ0) is 20.4. The molecule has 1 aliphatic rings. The lowest BCUT2D eigenvalue weighted by atomic mass is 10.1. The maximum atomic E-state index is 12.7. The van der Waals surface area contributed by atoms with Crippen molar-refractivity contribution in [2.45, 2.75) is 59.5 Å². The predicted molar refractivity (Wildman–Crippen MR) is 107 cm³/mol. The van der Waals surface area contributed by atoms with Crippen molar-refractivity contribution in [3.05, 3.63) is 46.0 Å². The molecular formula is C22H30N2O4. The topological polar surface area (TPSA) is 62.5 Å². The van der Waals surface area contributed by atoms with Gasteiger partial charge in [0.1, 0.15) is 0 Å². The van der Waals surface area contributed by atoms with E-state index in [0.717, 1.165) is 48.6 Å². The van der Waals surface area contributed by atoms with E-state index in [0.29, 0.717) is 23.8 Å². The van der Waals surface area contributed by atoms with Crippen molar-refractivity contribution >= 4 is 11.8 Å². The second-order valence-corrected chi connectivity index (χ2v) is 7.67. The second-order valence-electron chi connectivity index (χ2n) is 7.67. The van der Waals surface area contributed by atoms with Gasteiger partial charge < -0.3 is 18.6 Å². The highest BCUT2D eigenvalue weighted by atomic mass is 16.5. The SMILES string of the molecule is COCCCn1c(C)cc(C(=O)COC(=O)c2cc(C)n(C3CC3)c2C)c1C. The fourth-order valence-electron chi connectivity index (χ4n) is 3.96. The first-order valence-corrected chi connectivity index (χ1v) is 9.89. The van der Waals surface area contributed by atoms with Gasteiger partial charge in [0, 0.05) is 54.6 Å². The summed E-state index contributed by atoms with van der Waals surface area (Å²) < 4.78 is 14.8. The minimum Gasteiger partial charge on any atom is -0.454 e. The highest BCUT2D eigenvalue weighted by molar-refractivity contribution is 6.00. The van der Waals surface area contributed by atoms with E-state index in [4.69, 9.17) is 9.47 Å². The van der Waals surface area contributed by atoms with Gasteiger partial charge in [-0.05, 0) is 59.1 Å². The summed E-state index contributed by atoms with van der Waals surface area (Å²) >= 11 is 0. The number of hydrogen-bond acceptors (Lipinski definition) is 4. The fraction of sp³-hybridized carbons (Fsp3) is 0.545. The highest BCUT2D eigenvalue weighted by Crippen LogP contribution is 2.38. The van der Waals surface area contributed by atoms with Crippen LogP contribution in [-0.4, -0.2) is 41.2 Å². The van der Waals surface area contributed by atoms with E-state index in [1.54, 1.807) is 7.11 Å². The van der Waals surface area contributed by atoms with Crippen LogP contribution >= 0.6 is 0 Å². The lowest BCUT2D eigenvalue weighted by Crippen LogP contribution is -2.16. The maximum Gasteiger partial charge on any atom is 0.340 e. The smallest absolute Gasteiger partial charge is 0.340 e. The summed E-state index contributed by atoms with van der Waals surface area (Å²) in [5, 5.41) is 0. The summed E-state index contributed by atoms with van der Waals surface area (Å²) in [6.45, 7) is 9.09. The van der Waals surface area contributed by atoms with Crippen LogP contribution in [0.4, 0.5) is 0 Å². The number of esters is 1. The van der Waals surface area contributed by atoms with Gasteiger partial charge >= 0.3 is 5.97 Å². The molecule has 0 atom stereocenters. The molecule has 2 aromatic heterocycles. The van der Waals surface area contributed by atoms with E-state index < -0.39 is 5.97 Å². The van der Waals surface area contributed by atoms with Crippen LogP contribution in [-0.2, 0) is 16.0 Å². The van der Waals surface area contributed by atoms with E-state index in [1.165, 1.54) is 0 Å². The van der Waals surface area contributed by atoms with Crippen molar-refractivity contribution in [1.82, 2.24) is 9.13 Å². The second kappa shape index (κ2) is 8.35. The summed E-state index contributed by atoms with van der Waals surface area (Å²) in [5.74, 6) is -0.599. The summed E-state index contributed by atoms with van der Waals surface area (Å²) in [5.41, 5.74) is 5.10. The van der Waals surface area contributed by atoms with Gasteiger partial charge in [-0.15, -0.1) is 0 Å². The Labute approximate surface area is 166 Å². The Balaban J connectivity index is 1.65. The van der Waals surface area contributed by atoms with Gasteiger partial charge in [0.05, 0.1) is 5.56 Å². The van der Waals surface area contributed by atoms with Gasteiger partial charge in [0.25, 0.3) is 0 Å². The largest absolute Gasteiger partial charge is 0.454 e. The van der Waals surface area contributed by atoms with Gasteiger partial charge in [0.15, 0.2) is 6.61 Å². The van der Waals surface area contributed by atoms with Crippen LogP contribution in [0.1, 0.15) is 68.8 Å². The molecule has 1 fully saturated rings. The van der Waals surface area contributed by atoms with E-state index in [2.05, 4.69) is 9.13 Å². The average molecular weight is 386 g/mol. The van der Waals surface area contributed by atoms with Gasteiger partial charge in [-0.2, -0.15) is 0 Å². The Kier molecular flexibility index (Phi) is 6.08. The number of ether oxygens (including phenoxy) is 2. The van der Waals surface area contributed by atoms with Crippen molar-refractivity contribution in [3.8, 4) is 0 Å². The summed E-state index contributed by atoms with van der Waals surface area (Å²) in [4.78, 5) is 25.2. The Morgan fingerprint density at radius 3 is 2.36 bits per heavy atom. The summed E-state index contributed by atoms with van der Waals surface area (Å²) in [6, 6.07) is 4.24. The number of rotatable bonds is 9. The highest BCUT2D eigenvalue weighted by Gasteiger charge is 2.29. The van der Waals surface area contributed by atoms with Crippen LogP contribution in [0.15, 0.2) is 12.1 Å². The minimum absolute atomic E-state index is 0.171. The van der Waals surface area contributed by atoms with Crippen molar-refractivity contribution in [2.75, 3.05) is 20.3 Å². The molecule has 0 saturated heterocycles. The maximum absolute atomic E-state index is 12.7. The van der Waals surface area contributed by atoms with Crippen molar-refractivity contribution in [1.29, 1.82) is 0 Å². The normalized spacial score (nSPS) is 13.8. The first-order valence-electron chi connectivity index (χ1n) is 9.89. The number of aromatic nitrogens is 2. The molecule has 0 unspecified atom stereocenters. The number of aryl methyl sites for hydroxylation is 2. The number of ketones is 1. The van der Waals surface area contributed by atoms with Crippen LogP contribution < -0.4 is 0 Å². The third kappa shape index (κ3) is 4.07. The molecule has 1 saturated carbocycles. The molecule has 0 spiro atoms. The van der Waals surface area contributed by atoms with Crippen LogP contribution in [0.2, 0.25) is 0 Å². The van der Waals surface area contributed by atoms with Crippen molar-refractivity contribution in [3.63, 3.8) is 0 Å². The first kappa shape index (κ1) is 20.4. The molecule has 6 heteroatoms. The van der Waals surface area contributed by atoms with Crippen molar-refractivity contribution < 1.29 is 19.1 Å². The third-order valence-electron chi connectivity index (χ3n) is 5.55. The third-order valence-corrected chi connectivity index (χ3v) is 5.55. The monoisotopic (exact) mass is 386 g/mol. The van der Waals surface area contributed by atoms with Crippen LogP contribution in [0.3, 0.4) is 0 Å². The van der Waals surface area contributed by atoms with Crippen LogP contribution in [0.5, 0.6) is 0 Å². The Hall–Kier alpha value is -2.34. The molecule has 0 radical (unpaired) electrons. The molecule has 0 amide bonds. The number of Topliss-reactive ketones (excluding diaryl/α,β-unsaturated/α-hetero) is 1. The number of carbonyl (C=O) groups is 2. The average Bonchev–Trinajstić information content (AvgIpc) is 3.39. The minimum atomic E-state index is -0.428. The Morgan fingerprint density at radius 2 is 1.71 bits per heavy atom. The molecule has 3 rings (SSSR count). The molecular weight excluding hydrogens is 356 g/mol. The van der Waals surface area contributed by atoms with Gasteiger partial charge in [-0.3, -0.25) is 4.79 Å². The van der Waals surface area contributed by atoms with Crippen molar-refractivity contribution in [2.24, 2.45) is 0 Å². The molecule has 152 valence electrons. The number of nitrogens with zero attached hydrogens (tertiary/aromatic N) is 2. The molecule has 2 heterocycles. The molecule has 1 aliphatic carbocycles. The van der Waals surface area contributed by atoms with Gasteiger partial charge in [-0.25, -0.2) is 4.79 Å². The lowest BCUT2D eigenvalue weighted by Gasteiger charge is -2.09. The molecule has 0 bridgehead atoms. The molecule has 6 nitrogen and oxygen atoms in total. The number of hydrogen-bond donors (Lipinski definition) is 0. The summed E-state index contributed by atoms with van der Waals surface area (Å²) in [7, 11) is 1.68. The van der Waals surface area contributed by atoms with Gasteiger partial charge in [-0.1, -0.05) is 0 Å². The molecule has 0 N–H and O–H groups in total. The quantitative estimate of drug-likeness (QED) is 0.372. The molecule has 0 aliphatic heterocycles. The Morgan fingerprint density at radius 1 is 1.04 bits per heavy atom. The van der Waals surface area contributed by atoms with Gasteiger partial charge in [0.2, 0.25) is 5.78 Å².